The van der Waals surface area contributed by atoms with Crippen LogP contribution in [-0.4, -0.2) is 16.9 Å². The Balaban J connectivity index is 1.60. The zero-order valence-electron chi connectivity index (χ0n) is 16.7. The highest BCUT2D eigenvalue weighted by Crippen LogP contribution is 2.31. The minimum atomic E-state index is -4.40. The van der Waals surface area contributed by atoms with Gasteiger partial charge in [0.15, 0.2) is 5.11 Å². The molecule has 9 heteroatoms. The van der Waals surface area contributed by atoms with Crippen molar-refractivity contribution in [2.75, 3.05) is 4.90 Å². The number of nitrogens with one attached hydrogen (secondary N) is 1. The Morgan fingerprint density at radius 3 is 1.94 bits per heavy atom. The zero-order valence-corrected chi connectivity index (χ0v) is 18.3. The Bertz CT molecular complexity index is 1270. The van der Waals surface area contributed by atoms with E-state index in [1.54, 1.807) is 48.5 Å². The van der Waals surface area contributed by atoms with Gasteiger partial charge in [0.2, 0.25) is 0 Å². The summed E-state index contributed by atoms with van der Waals surface area (Å²) in [4.78, 5) is 26.7. The van der Waals surface area contributed by atoms with Gasteiger partial charge in [-0.05, 0) is 71.4 Å². The summed E-state index contributed by atoms with van der Waals surface area (Å²) >= 11 is 11.1. The first-order valence-corrected chi connectivity index (χ1v) is 10.4. The molecule has 0 bridgehead atoms. The van der Waals surface area contributed by atoms with Crippen molar-refractivity contribution >= 4 is 52.5 Å². The quantitative estimate of drug-likeness (QED) is 0.287. The maximum absolute atomic E-state index is 13.0. The second kappa shape index (κ2) is 8.80. The third-order valence-corrected chi connectivity index (χ3v) is 5.49. The molecule has 1 N–H and O–H groups in total. The molecule has 3 aromatic rings. The van der Waals surface area contributed by atoms with Crippen molar-refractivity contribution in [1.29, 1.82) is 0 Å². The van der Waals surface area contributed by atoms with E-state index >= 15 is 0 Å². The predicted octanol–water partition coefficient (Wildman–Crippen LogP) is 5.86. The number of carbonyl (C=O) groups is 2. The standard InChI is InChI=1S/C24H14ClF3N2O2S/c25-18-9-11-19(12-10-18)30-22(32)20(21(31)29-23(30)33)13-14-1-3-15(4-2-14)16-5-7-17(8-6-16)24(26,27)28/h1-13H,(H,29,31,33)/b20-13+. The highest BCUT2D eigenvalue weighted by molar-refractivity contribution is 7.80. The molecule has 0 spiro atoms. The van der Waals surface area contributed by atoms with E-state index in [9.17, 15) is 22.8 Å². The fourth-order valence-corrected chi connectivity index (χ4v) is 3.68. The molecule has 1 aliphatic rings. The van der Waals surface area contributed by atoms with Crippen LogP contribution in [0, 0.1) is 0 Å². The van der Waals surface area contributed by atoms with Crippen LogP contribution in [0.2, 0.25) is 5.02 Å². The summed E-state index contributed by atoms with van der Waals surface area (Å²) in [6.07, 6.45) is -2.97. The van der Waals surface area contributed by atoms with Crippen LogP contribution in [0.1, 0.15) is 11.1 Å². The van der Waals surface area contributed by atoms with Gasteiger partial charge in [0, 0.05) is 5.02 Å². The van der Waals surface area contributed by atoms with Crippen molar-refractivity contribution in [2.45, 2.75) is 6.18 Å². The van der Waals surface area contributed by atoms with Crippen molar-refractivity contribution < 1.29 is 22.8 Å². The van der Waals surface area contributed by atoms with Crippen LogP contribution in [0.3, 0.4) is 0 Å². The van der Waals surface area contributed by atoms with Crippen LogP contribution in [0.25, 0.3) is 17.2 Å². The van der Waals surface area contributed by atoms with Crippen molar-refractivity contribution in [2.24, 2.45) is 0 Å². The highest BCUT2D eigenvalue weighted by Gasteiger charge is 2.34. The van der Waals surface area contributed by atoms with Crippen LogP contribution in [-0.2, 0) is 15.8 Å². The maximum atomic E-state index is 13.0. The largest absolute Gasteiger partial charge is 0.416 e. The van der Waals surface area contributed by atoms with E-state index < -0.39 is 23.6 Å². The Kier molecular flexibility index (Phi) is 6.05. The van der Waals surface area contributed by atoms with E-state index in [-0.39, 0.29) is 10.7 Å². The average molecular weight is 487 g/mol. The monoisotopic (exact) mass is 486 g/mol. The number of halogens is 4. The highest BCUT2D eigenvalue weighted by atomic mass is 35.5. The second-order valence-electron chi connectivity index (χ2n) is 7.13. The first kappa shape index (κ1) is 22.7. The van der Waals surface area contributed by atoms with Gasteiger partial charge in [-0.15, -0.1) is 0 Å². The van der Waals surface area contributed by atoms with E-state index in [2.05, 4.69) is 5.32 Å². The van der Waals surface area contributed by atoms with Crippen molar-refractivity contribution in [3.8, 4) is 11.1 Å². The molecule has 0 unspecified atom stereocenters. The summed E-state index contributed by atoms with van der Waals surface area (Å²) in [5.74, 6) is -1.21. The van der Waals surface area contributed by atoms with Gasteiger partial charge in [0.25, 0.3) is 11.8 Å². The average Bonchev–Trinajstić information content (AvgIpc) is 2.78. The van der Waals surface area contributed by atoms with E-state index in [0.717, 1.165) is 12.1 Å². The van der Waals surface area contributed by atoms with Gasteiger partial charge in [-0.25, -0.2) is 0 Å². The third-order valence-electron chi connectivity index (χ3n) is 4.95. The Morgan fingerprint density at radius 2 is 1.39 bits per heavy atom. The predicted molar refractivity (Wildman–Crippen MR) is 125 cm³/mol. The summed E-state index contributed by atoms with van der Waals surface area (Å²) in [6.45, 7) is 0. The molecular formula is C24H14ClF3N2O2S. The molecule has 166 valence electrons. The van der Waals surface area contributed by atoms with Gasteiger partial charge >= 0.3 is 6.18 Å². The number of alkyl halides is 3. The van der Waals surface area contributed by atoms with Gasteiger partial charge in [0.05, 0.1) is 11.3 Å². The molecule has 1 fully saturated rings. The molecule has 1 saturated heterocycles. The summed E-state index contributed by atoms with van der Waals surface area (Å²) in [7, 11) is 0. The fraction of sp³-hybridized carbons (Fsp3) is 0.0417. The van der Waals surface area contributed by atoms with E-state index in [4.69, 9.17) is 23.8 Å². The normalized spacial score (nSPS) is 15.7. The molecule has 2 amide bonds. The molecule has 33 heavy (non-hydrogen) atoms. The molecular weight excluding hydrogens is 473 g/mol. The second-order valence-corrected chi connectivity index (χ2v) is 7.95. The number of rotatable bonds is 3. The van der Waals surface area contributed by atoms with Gasteiger partial charge in [-0.1, -0.05) is 48.0 Å². The molecule has 4 nitrogen and oxygen atoms in total. The van der Waals surface area contributed by atoms with Crippen LogP contribution >= 0.6 is 23.8 Å². The first-order chi connectivity index (χ1) is 15.6. The number of nitrogens with zero attached hydrogens (tertiary/aromatic N) is 1. The molecule has 0 radical (unpaired) electrons. The molecule has 0 atom stereocenters. The fourth-order valence-electron chi connectivity index (χ4n) is 3.27. The Morgan fingerprint density at radius 1 is 0.848 bits per heavy atom. The third kappa shape index (κ3) is 4.81. The summed E-state index contributed by atoms with van der Waals surface area (Å²) in [5.41, 5.74) is 1.48. The maximum Gasteiger partial charge on any atom is 0.416 e. The minimum absolute atomic E-state index is 0.0397. The van der Waals surface area contributed by atoms with Crippen LogP contribution in [0.4, 0.5) is 18.9 Å². The molecule has 0 aromatic heterocycles. The van der Waals surface area contributed by atoms with Crippen LogP contribution in [0.5, 0.6) is 0 Å². The van der Waals surface area contributed by atoms with Gasteiger partial charge in [-0.2, -0.15) is 13.2 Å². The molecule has 0 saturated carbocycles. The van der Waals surface area contributed by atoms with Crippen molar-refractivity contribution in [3.63, 3.8) is 0 Å². The van der Waals surface area contributed by atoms with Crippen LogP contribution < -0.4 is 10.2 Å². The molecule has 0 aliphatic carbocycles. The zero-order chi connectivity index (χ0) is 23.8. The summed E-state index contributed by atoms with van der Waals surface area (Å²) in [5, 5.41) is 2.95. The Labute approximate surface area is 197 Å². The topological polar surface area (TPSA) is 49.4 Å². The SMILES string of the molecule is O=C1NC(=S)N(c2ccc(Cl)cc2)C(=O)/C1=C/c1ccc(-c2ccc(C(F)(F)F)cc2)cc1. The summed E-state index contributed by atoms with van der Waals surface area (Å²) in [6, 6.07) is 18.0. The molecule has 1 aliphatic heterocycles. The molecule has 3 aromatic carbocycles. The van der Waals surface area contributed by atoms with Crippen LogP contribution in [0.15, 0.2) is 78.4 Å². The van der Waals surface area contributed by atoms with Gasteiger partial charge in [0.1, 0.15) is 5.57 Å². The van der Waals surface area contributed by atoms with E-state index in [1.807, 2.05) is 0 Å². The van der Waals surface area contributed by atoms with E-state index in [0.29, 0.717) is 27.4 Å². The minimum Gasteiger partial charge on any atom is -0.298 e. The number of hydrogen-bond donors (Lipinski definition) is 1. The van der Waals surface area contributed by atoms with Crippen molar-refractivity contribution in [1.82, 2.24) is 5.32 Å². The first-order valence-electron chi connectivity index (χ1n) is 9.58. The number of amides is 2. The van der Waals surface area contributed by atoms with E-state index in [1.165, 1.54) is 23.1 Å². The number of hydrogen-bond acceptors (Lipinski definition) is 3. The molecule has 4 rings (SSSR count). The lowest BCUT2D eigenvalue weighted by Gasteiger charge is -2.28. The van der Waals surface area contributed by atoms with Crippen molar-refractivity contribution in [3.05, 3.63) is 94.5 Å². The smallest absolute Gasteiger partial charge is 0.298 e. The van der Waals surface area contributed by atoms with Gasteiger partial charge in [-0.3, -0.25) is 19.8 Å². The summed E-state index contributed by atoms with van der Waals surface area (Å²) < 4.78 is 38.3. The number of benzene rings is 3. The lowest BCUT2D eigenvalue weighted by molar-refractivity contribution is -0.137. The van der Waals surface area contributed by atoms with Gasteiger partial charge < -0.3 is 0 Å². The number of thiocarbonyl (C=S) groups is 1. The number of carbonyl (C=O) groups excluding carboxylic acids is 2. The molecule has 1 heterocycles. The lowest BCUT2D eigenvalue weighted by Crippen LogP contribution is -2.54. The number of anilines is 1. The lowest BCUT2D eigenvalue weighted by atomic mass is 10.0. The Hall–Kier alpha value is -3.49.